The minimum absolute atomic E-state index is 0.113. The standard InChI is InChI=1S/C26H35N5O4/c1-25(2,3)13-20(24(34)28-16(14-27)10-15-12-26(4,5)31-22(15)32)30-23(33)19-11-17-18(29-19)8-7-9-21(17)35-6/h7-9,11,15-16,20,29H,10,12-13H2,1-6H3,(H,28,34)(H,30,33)(H,31,32). The van der Waals surface area contributed by atoms with E-state index < -0.39 is 23.9 Å². The largest absolute Gasteiger partial charge is 0.496 e. The number of carbonyl (C=O) groups excluding carboxylic acids is 3. The van der Waals surface area contributed by atoms with Gasteiger partial charge in [0.1, 0.15) is 23.5 Å². The Labute approximate surface area is 206 Å². The molecular weight excluding hydrogens is 446 g/mol. The van der Waals surface area contributed by atoms with Crippen LogP contribution in [0.3, 0.4) is 0 Å². The third kappa shape index (κ3) is 6.53. The molecule has 0 aliphatic carbocycles. The molecule has 2 aromatic rings. The summed E-state index contributed by atoms with van der Waals surface area (Å²) in [5.74, 6) is -0.716. The average molecular weight is 482 g/mol. The second kappa shape index (κ2) is 9.98. The predicted octanol–water partition coefficient (Wildman–Crippen LogP) is 3.02. The van der Waals surface area contributed by atoms with Crippen molar-refractivity contribution in [2.75, 3.05) is 7.11 Å². The van der Waals surface area contributed by atoms with E-state index in [4.69, 9.17) is 4.74 Å². The Morgan fingerprint density at radius 2 is 2.00 bits per heavy atom. The van der Waals surface area contributed by atoms with E-state index in [0.29, 0.717) is 24.3 Å². The van der Waals surface area contributed by atoms with E-state index in [1.165, 1.54) is 0 Å². The Hall–Kier alpha value is -3.54. The molecule has 9 nitrogen and oxygen atoms in total. The number of aromatic amines is 1. The van der Waals surface area contributed by atoms with Crippen LogP contribution in [-0.4, -0.2) is 47.4 Å². The van der Waals surface area contributed by atoms with Crippen molar-refractivity contribution in [2.24, 2.45) is 11.3 Å². The number of nitrogens with one attached hydrogen (secondary N) is 4. The zero-order chi connectivity index (χ0) is 26.0. The molecule has 1 fully saturated rings. The van der Waals surface area contributed by atoms with Crippen LogP contribution in [0.15, 0.2) is 24.3 Å². The first-order chi connectivity index (χ1) is 16.3. The van der Waals surface area contributed by atoms with E-state index in [1.807, 2.05) is 52.8 Å². The van der Waals surface area contributed by atoms with Crippen molar-refractivity contribution < 1.29 is 19.1 Å². The highest BCUT2D eigenvalue weighted by Crippen LogP contribution is 2.28. The minimum atomic E-state index is -0.861. The van der Waals surface area contributed by atoms with Gasteiger partial charge in [-0.1, -0.05) is 26.8 Å². The molecule has 0 saturated carbocycles. The Balaban J connectivity index is 1.74. The summed E-state index contributed by atoms with van der Waals surface area (Å²) in [6.45, 7) is 9.78. The van der Waals surface area contributed by atoms with E-state index in [-0.39, 0.29) is 29.2 Å². The van der Waals surface area contributed by atoms with E-state index in [1.54, 1.807) is 13.2 Å². The van der Waals surface area contributed by atoms with Crippen molar-refractivity contribution in [3.05, 3.63) is 30.0 Å². The number of amides is 3. The highest BCUT2D eigenvalue weighted by molar-refractivity contribution is 6.01. The van der Waals surface area contributed by atoms with Crippen molar-refractivity contribution >= 4 is 28.6 Å². The van der Waals surface area contributed by atoms with Gasteiger partial charge < -0.3 is 25.7 Å². The normalized spacial score (nSPS) is 18.9. The summed E-state index contributed by atoms with van der Waals surface area (Å²) >= 11 is 0. The number of rotatable bonds is 8. The van der Waals surface area contributed by atoms with Gasteiger partial charge in [-0.15, -0.1) is 0 Å². The number of nitrogens with zero attached hydrogens (tertiary/aromatic N) is 1. The number of hydrogen-bond donors (Lipinski definition) is 4. The van der Waals surface area contributed by atoms with Gasteiger partial charge in [-0.05, 0) is 56.7 Å². The molecule has 4 N–H and O–H groups in total. The van der Waals surface area contributed by atoms with Crippen molar-refractivity contribution in [1.82, 2.24) is 20.9 Å². The molecule has 188 valence electrons. The lowest BCUT2D eigenvalue weighted by atomic mass is 9.87. The van der Waals surface area contributed by atoms with Gasteiger partial charge in [0.15, 0.2) is 0 Å². The number of H-pyrrole nitrogens is 1. The smallest absolute Gasteiger partial charge is 0.268 e. The second-order valence-corrected chi connectivity index (χ2v) is 11.1. The van der Waals surface area contributed by atoms with Gasteiger partial charge in [0.05, 0.1) is 13.2 Å². The monoisotopic (exact) mass is 481 g/mol. The fraction of sp³-hybridized carbons (Fsp3) is 0.538. The molecule has 1 aliphatic heterocycles. The Morgan fingerprint density at radius 3 is 2.57 bits per heavy atom. The molecule has 1 aliphatic rings. The second-order valence-electron chi connectivity index (χ2n) is 11.1. The van der Waals surface area contributed by atoms with Crippen LogP contribution in [0, 0.1) is 22.7 Å². The van der Waals surface area contributed by atoms with Gasteiger partial charge in [-0.2, -0.15) is 5.26 Å². The van der Waals surface area contributed by atoms with E-state index >= 15 is 0 Å². The predicted molar refractivity (Wildman–Crippen MR) is 133 cm³/mol. The number of nitriles is 1. The maximum Gasteiger partial charge on any atom is 0.268 e. The molecule has 0 radical (unpaired) electrons. The van der Waals surface area contributed by atoms with Crippen LogP contribution in [0.5, 0.6) is 5.75 Å². The van der Waals surface area contributed by atoms with Gasteiger partial charge in [-0.25, -0.2) is 0 Å². The molecule has 1 saturated heterocycles. The van der Waals surface area contributed by atoms with Crippen molar-refractivity contribution in [3.8, 4) is 11.8 Å². The van der Waals surface area contributed by atoms with Crippen LogP contribution in [0.1, 0.15) is 64.4 Å². The molecule has 3 amide bonds. The van der Waals surface area contributed by atoms with Crippen LogP contribution in [0.4, 0.5) is 0 Å². The van der Waals surface area contributed by atoms with Crippen LogP contribution >= 0.6 is 0 Å². The maximum atomic E-state index is 13.2. The van der Waals surface area contributed by atoms with Gasteiger partial charge >= 0.3 is 0 Å². The quantitative estimate of drug-likeness (QED) is 0.459. The third-order valence-corrected chi connectivity index (χ3v) is 6.11. The molecule has 2 heterocycles. The van der Waals surface area contributed by atoms with E-state index in [2.05, 4.69) is 27.0 Å². The third-order valence-electron chi connectivity index (χ3n) is 6.11. The lowest BCUT2D eigenvalue weighted by Gasteiger charge is -2.27. The minimum Gasteiger partial charge on any atom is -0.496 e. The number of methoxy groups -OCH3 is 1. The summed E-state index contributed by atoms with van der Waals surface area (Å²) in [5, 5.41) is 18.9. The molecule has 1 aromatic heterocycles. The number of hydrogen-bond acceptors (Lipinski definition) is 5. The zero-order valence-electron chi connectivity index (χ0n) is 21.2. The summed E-state index contributed by atoms with van der Waals surface area (Å²) in [6, 6.07) is 7.55. The van der Waals surface area contributed by atoms with Crippen molar-refractivity contribution in [2.45, 2.75) is 71.5 Å². The average Bonchev–Trinajstić information content (AvgIpc) is 3.31. The van der Waals surface area contributed by atoms with Gasteiger partial charge in [0.25, 0.3) is 5.91 Å². The van der Waals surface area contributed by atoms with Crippen LogP contribution in [0.25, 0.3) is 10.9 Å². The van der Waals surface area contributed by atoms with Gasteiger partial charge in [0, 0.05) is 22.4 Å². The van der Waals surface area contributed by atoms with E-state index in [9.17, 15) is 19.6 Å². The first-order valence-corrected chi connectivity index (χ1v) is 11.8. The van der Waals surface area contributed by atoms with Gasteiger partial charge in [0.2, 0.25) is 11.8 Å². The highest BCUT2D eigenvalue weighted by atomic mass is 16.5. The summed E-state index contributed by atoms with van der Waals surface area (Å²) in [7, 11) is 1.56. The molecular formula is C26H35N5O4. The van der Waals surface area contributed by atoms with Crippen molar-refractivity contribution in [1.29, 1.82) is 5.26 Å². The molecule has 3 rings (SSSR count). The van der Waals surface area contributed by atoms with Gasteiger partial charge in [-0.3, -0.25) is 14.4 Å². The van der Waals surface area contributed by atoms with E-state index in [0.717, 1.165) is 10.9 Å². The molecule has 3 atom stereocenters. The lowest BCUT2D eigenvalue weighted by Crippen LogP contribution is -2.51. The number of benzene rings is 1. The van der Waals surface area contributed by atoms with Crippen LogP contribution in [0.2, 0.25) is 0 Å². The summed E-state index contributed by atoms with van der Waals surface area (Å²) < 4.78 is 5.36. The molecule has 9 heteroatoms. The topological polar surface area (TPSA) is 136 Å². The molecule has 1 aromatic carbocycles. The number of fused-ring (bicyclic) bond motifs is 1. The van der Waals surface area contributed by atoms with Crippen LogP contribution in [-0.2, 0) is 9.59 Å². The summed E-state index contributed by atoms with van der Waals surface area (Å²) in [5.41, 5.74) is 0.444. The fourth-order valence-corrected chi connectivity index (χ4v) is 4.57. The number of carbonyl (C=O) groups is 3. The Bertz CT molecular complexity index is 1150. The molecule has 0 bridgehead atoms. The molecule has 35 heavy (non-hydrogen) atoms. The zero-order valence-corrected chi connectivity index (χ0v) is 21.2. The first-order valence-electron chi connectivity index (χ1n) is 11.8. The lowest BCUT2D eigenvalue weighted by molar-refractivity contribution is -0.125. The Morgan fingerprint density at radius 1 is 1.29 bits per heavy atom. The summed E-state index contributed by atoms with van der Waals surface area (Å²) in [6.07, 6.45) is 1.17. The molecule has 3 unspecified atom stereocenters. The van der Waals surface area contributed by atoms with Crippen LogP contribution < -0.4 is 20.7 Å². The maximum absolute atomic E-state index is 13.2. The summed E-state index contributed by atoms with van der Waals surface area (Å²) in [4.78, 5) is 41.6. The number of aromatic nitrogens is 1. The fourth-order valence-electron chi connectivity index (χ4n) is 4.57. The van der Waals surface area contributed by atoms with Crippen molar-refractivity contribution in [3.63, 3.8) is 0 Å². The number of ether oxygens (including phenoxy) is 1. The SMILES string of the molecule is COc1cccc2[nH]c(C(=O)NC(CC(C)(C)C)C(=O)NC(C#N)CC3CC(C)(C)NC3=O)cc12. The molecule has 0 spiro atoms. The highest BCUT2D eigenvalue weighted by Gasteiger charge is 2.39. The Kier molecular flexibility index (Phi) is 7.44. The first kappa shape index (κ1) is 26.1.